The van der Waals surface area contributed by atoms with Crippen molar-refractivity contribution in [3.63, 3.8) is 0 Å². The predicted molar refractivity (Wildman–Crippen MR) is 69.8 cm³/mol. The lowest BCUT2D eigenvalue weighted by molar-refractivity contribution is -0.142. The van der Waals surface area contributed by atoms with E-state index in [0.717, 1.165) is 4.88 Å². The van der Waals surface area contributed by atoms with E-state index in [2.05, 4.69) is 4.72 Å². The molecular formula is C11H15NO5S2. The van der Waals surface area contributed by atoms with Gasteiger partial charge in [0.2, 0.25) is 10.0 Å². The number of rotatable bonds is 4. The average Bonchev–Trinajstić information content (AvgIpc) is 2.84. The van der Waals surface area contributed by atoms with Gasteiger partial charge in [-0.2, -0.15) is 0 Å². The number of hydrogen-bond donors (Lipinski definition) is 2. The van der Waals surface area contributed by atoms with Crippen LogP contribution in [0.1, 0.15) is 9.75 Å². The van der Waals surface area contributed by atoms with Crippen molar-refractivity contribution in [1.82, 2.24) is 4.72 Å². The molecule has 1 aliphatic rings. The van der Waals surface area contributed by atoms with E-state index in [-0.39, 0.29) is 18.1 Å². The number of sulfonamides is 1. The van der Waals surface area contributed by atoms with E-state index in [1.807, 2.05) is 6.92 Å². The second kappa shape index (κ2) is 5.20. The third-order valence-electron chi connectivity index (χ3n) is 2.99. The van der Waals surface area contributed by atoms with Crippen LogP contribution in [0.2, 0.25) is 0 Å². The maximum atomic E-state index is 12.2. The number of aryl methyl sites for hydroxylation is 2. The van der Waals surface area contributed by atoms with Gasteiger partial charge in [0.05, 0.1) is 30.1 Å². The fourth-order valence-corrected chi connectivity index (χ4v) is 4.87. The molecule has 1 aliphatic heterocycles. The van der Waals surface area contributed by atoms with Crippen molar-refractivity contribution in [3.05, 3.63) is 15.8 Å². The third kappa shape index (κ3) is 2.97. The summed E-state index contributed by atoms with van der Waals surface area (Å²) in [5.74, 6) is -1.89. The zero-order valence-corrected chi connectivity index (χ0v) is 12.2. The molecule has 0 aromatic carbocycles. The van der Waals surface area contributed by atoms with Gasteiger partial charge in [-0.15, -0.1) is 11.3 Å². The predicted octanol–water partition coefficient (Wildman–Crippen LogP) is 0.743. The molecule has 2 N–H and O–H groups in total. The number of hydrogen-bond acceptors (Lipinski definition) is 5. The highest BCUT2D eigenvalue weighted by molar-refractivity contribution is 7.89. The Morgan fingerprint density at radius 3 is 2.68 bits per heavy atom. The Kier molecular flexibility index (Phi) is 3.95. The zero-order chi connectivity index (χ0) is 14.2. The molecule has 0 saturated carbocycles. The van der Waals surface area contributed by atoms with Gasteiger partial charge >= 0.3 is 5.97 Å². The molecule has 6 nitrogen and oxygen atoms in total. The lowest BCUT2D eigenvalue weighted by Crippen LogP contribution is -2.42. The number of carboxylic acid groups (broad SMARTS) is 1. The summed E-state index contributed by atoms with van der Waals surface area (Å²) in [5, 5.41) is 9.00. The SMILES string of the molecule is Cc1cc(S(=O)(=O)NC2COCC2C(=O)O)c(C)s1. The Bertz CT molecular complexity index is 592. The number of carbonyl (C=O) groups is 1. The van der Waals surface area contributed by atoms with Gasteiger partial charge in [0.15, 0.2) is 0 Å². The van der Waals surface area contributed by atoms with Gasteiger partial charge in [-0.1, -0.05) is 0 Å². The van der Waals surface area contributed by atoms with Crippen LogP contribution in [0, 0.1) is 19.8 Å². The van der Waals surface area contributed by atoms with Crippen LogP contribution < -0.4 is 4.72 Å². The molecule has 1 fully saturated rings. The molecule has 1 aromatic rings. The summed E-state index contributed by atoms with van der Waals surface area (Å²) in [6.07, 6.45) is 0. The molecule has 0 amide bonds. The average molecular weight is 305 g/mol. The Morgan fingerprint density at radius 1 is 1.47 bits per heavy atom. The van der Waals surface area contributed by atoms with Crippen LogP contribution in [0.15, 0.2) is 11.0 Å². The molecule has 2 unspecified atom stereocenters. The van der Waals surface area contributed by atoms with E-state index in [9.17, 15) is 13.2 Å². The third-order valence-corrected chi connectivity index (χ3v) is 5.70. The molecule has 19 heavy (non-hydrogen) atoms. The highest BCUT2D eigenvalue weighted by atomic mass is 32.2. The Morgan fingerprint density at radius 2 is 2.16 bits per heavy atom. The quantitative estimate of drug-likeness (QED) is 0.856. The van der Waals surface area contributed by atoms with E-state index in [0.29, 0.717) is 4.88 Å². The number of nitrogens with one attached hydrogen (secondary N) is 1. The lowest BCUT2D eigenvalue weighted by atomic mass is 10.1. The maximum absolute atomic E-state index is 12.2. The van der Waals surface area contributed by atoms with Gasteiger partial charge in [0.1, 0.15) is 0 Å². The molecule has 106 valence electrons. The monoisotopic (exact) mass is 305 g/mol. The smallest absolute Gasteiger partial charge is 0.310 e. The Balaban J connectivity index is 2.22. The molecule has 8 heteroatoms. The van der Waals surface area contributed by atoms with Crippen molar-refractivity contribution >= 4 is 27.3 Å². The summed E-state index contributed by atoms with van der Waals surface area (Å²) < 4.78 is 31.9. The second-order valence-electron chi connectivity index (χ2n) is 4.49. The Labute approximate surface area is 115 Å². The molecule has 2 rings (SSSR count). The van der Waals surface area contributed by atoms with E-state index in [1.165, 1.54) is 11.3 Å². The minimum absolute atomic E-state index is 0.0319. The van der Waals surface area contributed by atoms with Crippen LogP contribution >= 0.6 is 11.3 Å². The topological polar surface area (TPSA) is 92.7 Å². The molecule has 0 aliphatic carbocycles. The number of thiophene rings is 1. The van der Waals surface area contributed by atoms with Gasteiger partial charge in [-0.05, 0) is 19.9 Å². The van der Waals surface area contributed by atoms with Gasteiger partial charge in [-0.25, -0.2) is 13.1 Å². The summed E-state index contributed by atoms with van der Waals surface area (Å²) >= 11 is 1.39. The maximum Gasteiger partial charge on any atom is 0.310 e. The fraction of sp³-hybridized carbons (Fsp3) is 0.545. The molecule has 1 aromatic heterocycles. The van der Waals surface area contributed by atoms with Crippen molar-refractivity contribution < 1.29 is 23.1 Å². The molecule has 1 saturated heterocycles. The summed E-state index contributed by atoms with van der Waals surface area (Å²) in [7, 11) is -3.70. The number of carboxylic acids is 1. The highest BCUT2D eigenvalue weighted by Gasteiger charge is 2.37. The van der Waals surface area contributed by atoms with Crippen molar-refractivity contribution in [2.75, 3.05) is 13.2 Å². The molecule has 2 atom stereocenters. The number of ether oxygens (including phenoxy) is 1. The van der Waals surface area contributed by atoms with Crippen molar-refractivity contribution in [2.45, 2.75) is 24.8 Å². The van der Waals surface area contributed by atoms with Crippen molar-refractivity contribution in [3.8, 4) is 0 Å². The zero-order valence-electron chi connectivity index (χ0n) is 10.5. The first-order valence-electron chi connectivity index (χ1n) is 5.71. The van der Waals surface area contributed by atoms with Gasteiger partial charge in [0.25, 0.3) is 0 Å². The summed E-state index contributed by atoms with van der Waals surface area (Å²) in [4.78, 5) is 12.8. The van der Waals surface area contributed by atoms with Crippen LogP contribution in [-0.2, 0) is 19.6 Å². The summed E-state index contributed by atoms with van der Waals surface area (Å²) in [5.41, 5.74) is 0. The molecular weight excluding hydrogens is 290 g/mol. The first-order chi connectivity index (χ1) is 8.81. The summed E-state index contributed by atoms with van der Waals surface area (Å²) in [6, 6.07) is 0.871. The van der Waals surface area contributed by atoms with Crippen molar-refractivity contribution in [2.24, 2.45) is 5.92 Å². The van der Waals surface area contributed by atoms with Crippen LogP contribution in [-0.4, -0.2) is 38.7 Å². The normalized spacial score (nSPS) is 23.7. The molecule has 0 bridgehead atoms. The molecule has 2 heterocycles. The van der Waals surface area contributed by atoms with Crippen LogP contribution in [0.4, 0.5) is 0 Å². The highest BCUT2D eigenvalue weighted by Crippen LogP contribution is 2.26. The van der Waals surface area contributed by atoms with Crippen LogP contribution in [0.25, 0.3) is 0 Å². The fourth-order valence-electron chi connectivity index (χ4n) is 2.05. The molecule has 0 radical (unpaired) electrons. The van der Waals surface area contributed by atoms with Crippen LogP contribution in [0.3, 0.4) is 0 Å². The largest absolute Gasteiger partial charge is 0.481 e. The van der Waals surface area contributed by atoms with Gasteiger partial charge in [0, 0.05) is 9.75 Å². The Hall–Kier alpha value is -0.960. The van der Waals surface area contributed by atoms with E-state index in [4.69, 9.17) is 9.84 Å². The van der Waals surface area contributed by atoms with Crippen molar-refractivity contribution in [1.29, 1.82) is 0 Å². The van der Waals surface area contributed by atoms with Crippen LogP contribution in [0.5, 0.6) is 0 Å². The van der Waals surface area contributed by atoms with E-state index < -0.39 is 28.0 Å². The first-order valence-corrected chi connectivity index (χ1v) is 8.01. The summed E-state index contributed by atoms with van der Waals surface area (Å²) in [6.45, 7) is 3.67. The number of aliphatic carboxylic acids is 1. The first kappa shape index (κ1) is 14.4. The lowest BCUT2D eigenvalue weighted by Gasteiger charge is -2.15. The van der Waals surface area contributed by atoms with Gasteiger partial charge in [-0.3, -0.25) is 4.79 Å². The minimum atomic E-state index is -3.70. The second-order valence-corrected chi connectivity index (χ2v) is 7.63. The molecule has 0 spiro atoms. The van der Waals surface area contributed by atoms with E-state index >= 15 is 0 Å². The standard InChI is InChI=1S/C11H15NO5S2/c1-6-3-10(7(2)18-6)19(15,16)12-9-5-17-4-8(9)11(13)14/h3,8-9,12H,4-5H2,1-2H3,(H,13,14). The van der Waals surface area contributed by atoms with E-state index in [1.54, 1.807) is 13.0 Å². The van der Waals surface area contributed by atoms with Gasteiger partial charge < -0.3 is 9.84 Å². The minimum Gasteiger partial charge on any atom is -0.481 e.